The lowest BCUT2D eigenvalue weighted by molar-refractivity contribution is -0.134. The molecule has 0 atom stereocenters. The van der Waals surface area contributed by atoms with Gasteiger partial charge in [0.05, 0.1) is 49.6 Å². The summed E-state index contributed by atoms with van der Waals surface area (Å²) in [6, 6.07) is 7.43. The summed E-state index contributed by atoms with van der Waals surface area (Å²) in [7, 11) is -3.01. The van der Waals surface area contributed by atoms with Gasteiger partial charge in [0.2, 0.25) is 23.3 Å². The molecule has 1 aliphatic heterocycles. The van der Waals surface area contributed by atoms with Crippen LogP contribution in [0.3, 0.4) is 0 Å². The van der Waals surface area contributed by atoms with Crippen molar-refractivity contribution in [2.75, 3.05) is 52.9 Å². The number of hydrogen-bond acceptors (Lipinski definition) is 7. The summed E-state index contributed by atoms with van der Waals surface area (Å²) in [4.78, 5) is 0. The fraction of sp³-hybridized carbons (Fsp3) is 0.526. The molecule has 0 amide bonds. The van der Waals surface area contributed by atoms with Crippen molar-refractivity contribution < 1.29 is 67.3 Å². The standard InChI is InChI=1S/C38H46F8O7Si/c1-5-38(21-47-22-38)23-50-37-34(45)30(41)27(31(42)35(37)46)26-28(39)32(43)36(33(44)29(26)40)49-20-14-12-10-9-11-13-19-48-24-15-17-25(18-16-24)54(51-6-2,52-7-3)53-8-4/h15-18H,5-14,19-23H2,1-4H3. The molecule has 54 heavy (non-hydrogen) atoms. The van der Waals surface area contributed by atoms with Gasteiger partial charge in [0, 0.05) is 25.0 Å². The minimum atomic E-state index is -3.01. The molecule has 1 aliphatic rings. The first-order valence-electron chi connectivity index (χ1n) is 18.1. The van der Waals surface area contributed by atoms with E-state index in [0.717, 1.165) is 24.4 Å². The second-order valence-electron chi connectivity index (χ2n) is 12.8. The molecule has 0 aliphatic carbocycles. The van der Waals surface area contributed by atoms with E-state index in [9.17, 15) is 17.6 Å². The third kappa shape index (κ3) is 9.67. The van der Waals surface area contributed by atoms with Crippen molar-refractivity contribution in [3.63, 3.8) is 0 Å². The van der Waals surface area contributed by atoms with Crippen molar-refractivity contribution >= 4 is 14.0 Å². The lowest BCUT2D eigenvalue weighted by Gasteiger charge is -2.40. The van der Waals surface area contributed by atoms with Gasteiger partial charge in [-0.3, -0.25) is 0 Å². The number of unbranched alkanes of at least 4 members (excludes halogenated alkanes) is 5. The van der Waals surface area contributed by atoms with Gasteiger partial charge in [0.15, 0.2) is 34.8 Å². The number of halogens is 8. The number of ether oxygens (including phenoxy) is 4. The maximum Gasteiger partial charge on any atom is 0.537 e. The van der Waals surface area contributed by atoms with Crippen molar-refractivity contribution in [1.29, 1.82) is 0 Å². The molecule has 4 rings (SSSR count). The van der Waals surface area contributed by atoms with E-state index in [0.29, 0.717) is 51.4 Å². The van der Waals surface area contributed by atoms with Crippen molar-refractivity contribution in [3.05, 3.63) is 70.8 Å². The lowest BCUT2D eigenvalue weighted by atomic mass is 9.84. The third-order valence-corrected chi connectivity index (χ3v) is 12.1. The molecule has 0 bridgehead atoms. The average Bonchev–Trinajstić information content (AvgIpc) is 3.14. The highest BCUT2D eigenvalue weighted by Crippen LogP contribution is 2.42. The minimum absolute atomic E-state index is 0.177. The van der Waals surface area contributed by atoms with Gasteiger partial charge in [-0.05, 0) is 52.2 Å². The fourth-order valence-corrected chi connectivity index (χ4v) is 8.36. The second-order valence-corrected chi connectivity index (χ2v) is 15.3. The Labute approximate surface area is 311 Å². The first-order chi connectivity index (χ1) is 25.9. The molecule has 1 saturated heterocycles. The van der Waals surface area contributed by atoms with Crippen LogP contribution in [0.25, 0.3) is 11.1 Å². The van der Waals surface area contributed by atoms with Crippen LogP contribution in [0.2, 0.25) is 0 Å². The normalized spacial score (nSPS) is 13.9. The van der Waals surface area contributed by atoms with Crippen molar-refractivity contribution in [2.24, 2.45) is 5.41 Å². The van der Waals surface area contributed by atoms with Crippen LogP contribution in [-0.2, 0) is 18.0 Å². The van der Waals surface area contributed by atoms with Gasteiger partial charge in [-0.25, -0.2) is 17.6 Å². The van der Waals surface area contributed by atoms with E-state index in [1.54, 1.807) is 6.92 Å². The molecule has 7 nitrogen and oxygen atoms in total. The quantitative estimate of drug-likeness (QED) is 0.0411. The van der Waals surface area contributed by atoms with Gasteiger partial charge in [-0.1, -0.05) is 44.7 Å². The summed E-state index contributed by atoms with van der Waals surface area (Å²) in [6.07, 6.45) is 4.37. The van der Waals surface area contributed by atoms with Gasteiger partial charge in [-0.15, -0.1) is 0 Å². The highest BCUT2D eigenvalue weighted by atomic mass is 28.4. The Morgan fingerprint density at radius 3 is 1.33 bits per heavy atom. The summed E-state index contributed by atoms with van der Waals surface area (Å²) in [5.41, 5.74) is -4.59. The van der Waals surface area contributed by atoms with Gasteiger partial charge < -0.3 is 32.2 Å². The Kier molecular flexibility index (Phi) is 16.0. The molecule has 0 saturated carbocycles. The number of benzene rings is 3. The van der Waals surface area contributed by atoms with Crippen LogP contribution in [0.5, 0.6) is 17.2 Å². The zero-order valence-corrected chi connectivity index (χ0v) is 31.8. The van der Waals surface area contributed by atoms with E-state index in [4.69, 9.17) is 32.2 Å². The molecule has 0 N–H and O–H groups in total. The predicted octanol–water partition coefficient (Wildman–Crippen LogP) is 9.33. The van der Waals surface area contributed by atoms with Crippen LogP contribution in [0.4, 0.5) is 35.1 Å². The van der Waals surface area contributed by atoms with Crippen LogP contribution < -0.4 is 19.4 Å². The van der Waals surface area contributed by atoms with E-state index in [1.807, 2.05) is 45.0 Å². The van der Waals surface area contributed by atoms with Crippen LogP contribution in [0, 0.1) is 52.0 Å². The molecule has 0 spiro atoms. The molecule has 1 heterocycles. The summed E-state index contributed by atoms with van der Waals surface area (Å²) >= 11 is 0. The molecule has 300 valence electrons. The van der Waals surface area contributed by atoms with Crippen LogP contribution in [0.1, 0.15) is 72.6 Å². The van der Waals surface area contributed by atoms with Crippen LogP contribution in [0.15, 0.2) is 24.3 Å². The lowest BCUT2D eigenvalue weighted by Crippen LogP contribution is -2.56. The van der Waals surface area contributed by atoms with Crippen molar-refractivity contribution in [2.45, 2.75) is 72.6 Å². The SMILES string of the molecule is CCO[Si](OCC)(OCC)c1ccc(OCCCCCCCCOc2c(F)c(F)c(-c3c(F)c(F)c(OCC4(CC)COC4)c(F)c3F)c(F)c2F)cc1. The van der Waals surface area contributed by atoms with Crippen molar-refractivity contribution in [3.8, 4) is 28.4 Å². The molecule has 16 heteroatoms. The van der Waals surface area contributed by atoms with E-state index in [2.05, 4.69) is 0 Å². The fourth-order valence-electron chi connectivity index (χ4n) is 5.90. The van der Waals surface area contributed by atoms with Gasteiger partial charge in [0.25, 0.3) is 0 Å². The van der Waals surface area contributed by atoms with E-state index in [-0.39, 0.29) is 32.8 Å². The summed E-state index contributed by atoms with van der Waals surface area (Å²) in [5, 5.41) is 0.842. The summed E-state index contributed by atoms with van der Waals surface area (Å²) in [6.45, 7) is 8.87. The molecule has 3 aromatic carbocycles. The molecule has 1 fully saturated rings. The monoisotopic (exact) mass is 794 g/mol. The van der Waals surface area contributed by atoms with Gasteiger partial charge >= 0.3 is 8.80 Å². The Hall–Kier alpha value is -3.44. The Balaban J connectivity index is 1.25. The Morgan fingerprint density at radius 1 is 0.537 bits per heavy atom. The Bertz CT molecular complexity index is 1610. The highest BCUT2D eigenvalue weighted by Gasteiger charge is 2.43. The second kappa shape index (κ2) is 19.9. The van der Waals surface area contributed by atoms with E-state index >= 15 is 17.6 Å². The van der Waals surface area contributed by atoms with E-state index < -0.39 is 83.4 Å². The topological polar surface area (TPSA) is 64.6 Å². The molecule has 3 aromatic rings. The average molecular weight is 795 g/mol. The van der Waals surface area contributed by atoms with Crippen LogP contribution >= 0.6 is 0 Å². The Morgan fingerprint density at radius 2 is 0.944 bits per heavy atom. The van der Waals surface area contributed by atoms with Crippen molar-refractivity contribution in [1.82, 2.24) is 0 Å². The number of rotatable bonds is 23. The van der Waals surface area contributed by atoms with Gasteiger partial charge in [0.1, 0.15) is 5.75 Å². The molecule has 0 radical (unpaired) electrons. The smallest absolute Gasteiger partial charge is 0.494 e. The first-order valence-corrected chi connectivity index (χ1v) is 19.8. The maximum atomic E-state index is 15.0. The predicted molar refractivity (Wildman–Crippen MR) is 186 cm³/mol. The van der Waals surface area contributed by atoms with E-state index in [1.165, 1.54) is 0 Å². The number of hydrogen-bond donors (Lipinski definition) is 0. The summed E-state index contributed by atoms with van der Waals surface area (Å²) in [5.74, 6) is -19.9. The minimum Gasteiger partial charge on any atom is -0.494 e. The maximum absolute atomic E-state index is 15.0. The highest BCUT2D eigenvalue weighted by molar-refractivity contribution is 6.75. The first kappa shape index (κ1) is 43.3. The molecule has 0 aromatic heterocycles. The van der Waals surface area contributed by atoms with Crippen LogP contribution in [-0.4, -0.2) is 61.7 Å². The zero-order chi connectivity index (χ0) is 39.5. The third-order valence-electron chi connectivity index (χ3n) is 9.05. The molecular weight excluding hydrogens is 748 g/mol. The summed E-state index contributed by atoms with van der Waals surface area (Å²) < 4.78 is 158. The molecule has 0 unspecified atom stereocenters. The largest absolute Gasteiger partial charge is 0.537 e. The molecular formula is C38H46F8O7Si. The zero-order valence-electron chi connectivity index (χ0n) is 30.8. The van der Waals surface area contributed by atoms with Gasteiger partial charge in [-0.2, -0.15) is 17.6 Å².